The molecule has 0 amide bonds. The van der Waals surface area contributed by atoms with Crippen molar-refractivity contribution in [2.75, 3.05) is 19.3 Å². The zero-order valence-electron chi connectivity index (χ0n) is 15.5. The third kappa shape index (κ3) is 4.00. The second-order valence-corrected chi connectivity index (χ2v) is 7.27. The number of hydrogen-bond donors (Lipinski definition) is 0. The first-order chi connectivity index (χ1) is 12.1. The largest absolute Gasteiger partial charge is 0.467 e. The van der Waals surface area contributed by atoms with Gasteiger partial charge in [0.15, 0.2) is 5.17 Å². The molecule has 0 saturated carbocycles. The molecule has 0 radical (unpaired) electrons. The minimum Gasteiger partial charge on any atom is -0.467 e. The average molecular weight is 359 g/mol. The molecule has 1 aliphatic rings. The quantitative estimate of drug-likeness (QED) is 0.724. The Labute approximate surface area is 153 Å². The van der Waals surface area contributed by atoms with E-state index in [1.807, 2.05) is 24.2 Å². The number of aromatic nitrogens is 1. The molecule has 134 valence electrons. The highest BCUT2D eigenvalue weighted by atomic mass is 32.2. The molecule has 1 aliphatic heterocycles. The van der Waals surface area contributed by atoms with Gasteiger partial charge in [-0.25, -0.2) is 5.01 Å². The van der Waals surface area contributed by atoms with E-state index in [4.69, 9.17) is 9.52 Å². The highest BCUT2D eigenvalue weighted by Gasteiger charge is 2.21. The highest BCUT2D eigenvalue weighted by Crippen LogP contribution is 2.24. The third-order valence-corrected chi connectivity index (χ3v) is 5.49. The minimum atomic E-state index is 0.755. The van der Waals surface area contributed by atoms with Crippen LogP contribution in [0.4, 0.5) is 0 Å². The second-order valence-electron chi connectivity index (χ2n) is 6.33. The van der Waals surface area contributed by atoms with Gasteiger partial charge in [-0.3, -0.25) is 4.99 Å². The van der Waals surface area contributed by atoms with Crippen LogP contribution >= 0.6 is 11.8 Å². The number of rotatable bonds is 6. The van der Waals surface area contributed by atoms with Crippen molar-refractivity contribution in [1.29, 1.82) is 0 Å². The Kier molecular flexibility index (Phi) is 5.68. The van der Waals surface area contributed by atoms with E-state index in [1.165, 1.54) is 23.4 Å². The van der Waals surface area contributed by atoms with E-state index in [-0.39, 0.29) is 0 Å². The van der Waals surface area contributed by atoms with Crippen LogP contribution in [0.15, 0.2) is 39.0 Å². The Morgan fingerprint density at radius 1 is 1.36 bits per heavy atom. The third-order valence-electron chi connectivity index (χ3n) is 4.42. The molecule has 0 spiro atoms. The molecule has 2 aromatic rings. The molecular weight excluding hydrogens is 332 g/mol. The topological polar surface area (TPSA) is 46.0 Å². The number of furan rings is 1. The fraction of sp³-hybridized carbons (Fsp3) is 0.474. The van der Waals surface area contributed by atoms with Crippen molar-refractivity contribution in [1.82, 2.24) is 9.58 Å². The summed E-state index contributed by atoms with van der Waals surface area (Å²) in [6, 6.07) is 6.17. The Morgan fingerprint density at radius 2 is 2.20 bits per heavy atom. The van der Waals surface area contributed by atoms with Gasteiger partial charge >= 0.3 is 0 Å². The maximum atomic E-state index is 5.50. The number of hydrogen-bond acceptors (Lipinski definition) is 4. The van der Waals surface area contributed by atoms with Crippen molar-refractivity contribution in [2.45, 2.75) is 40.2 Å². The molecule has 0 unspecified atom stereocenters. The summed E-state index contributed by atoms with van der Waals surface area (Å²) < 4.78 is 7.78. The van der Waals surface area contributed by atoms with Crippen LogP contribution in [-0.4, -0.2) is 39.8 Å². The smallest absolute Gasteiger partial charge is 0.179 e. The molecule has 0 aromatic carbocycles. The van der Waals surface area contributed by atoms with E-state index in [0.717, 1.165) is 41.9 Å². The van der Waals surface area contributed by atoms with E-state index in [1.54, 1.807) is 18.0 Å². The molecule has 0 saturated heterocycles. The minimum absolute atomic E-state index is 0.755. The molecule has 0 bridgehead atoms. The number of aryl methyl sites for hydroxylation is 1. The number of unbranched alkanes of at least 4 members (excludes halogenated alkanes) is 1. The van der Waals surface area contributed by atoms with Crippen molar-refractivity contribution in [3.63, 3.8) is 0 Å². The molecule has 0 atom stereocenters. The van der Waals surface area contributed by atoms with Crippen LogP contribution in [0.1, 0.15) is 42.5 Å². The number of amidine groups is 1. The molecule has 2 aromatic heterocycles. The summed E-state index contributed by atoms with van der Waals surface area (Å²) in [5.41, 5.74) is 4.78. The van der Waals surface area contributed by atoms with Gasteiger partial charge in [0.05, 0.1) is 18.5 Å². The highest BCUT2D eigenvalue weighted by molar-refractivity contribution is 8.14. The number of hydrazone groups is 1. The van der Waals surface area contributed by atoms with Crippen LogP contribution in [0, 0.1) is 13.8 Å². The van der Waals surface area contributed by atoms with Crippen LogP contribution < -0.4 is 0 Å². The molecule has 0 aliphatic carbocycles. The van der Waals surface area contributed by atoms with Gasteiger partial charge in [0.25, 0.3) is 0 Å². The predicted molar refractivity (Wildman–Crippen MR) is 106 cm³/mol. The monoisotopic (exact) mass is 358 g/mol. The molecule has 25 heavy (non-hydrogen) atoms. The molecule has 3 rings (SSSR count). The van der Waals surface area contributed by atoms with E-state index in [0.29, 0.717) is 0 Å². The molecule has 0 N–H and O–H groups in total. The first kappa shape index (κ1) is 17.9. The summed E-state index contributed by atoms with van der Waals surface area (Å²) in [7, 11) is 1.99. The first-order valence-corrected chi connectivity index (χ1v) is 9.76. The van der Waals surface area contributed by atoms with Gasteiger partial charge < -0.3 is 8.98 Å². The molecule has 5 nitrogen and oxygen atoms in total. The van der Waals surface area contributed by atoms with Gasteiger partial charge in [-0.15, -0.1) is 0 Å². The standard InChI is InChI=1S/C19H26N4OS/c1-5-6-9-20-19-22(4)21-18(13-25-19)17-11-14(2)23(15(17)3)12-16-8-7-10-24-16/h7-8,10-11H,5-6,9,12-13H2,1-4H3. The van der Waals surface area contributed by atoms with Gasteiger partial charge in [0.2, 0.25) is 0 Å². The fourth-order valence-electron chi connectivity index (χ4n) is 2.99. The Balaban J connectivity index is 1.81. The van der Waals surface area contributed by atoms with Crippen LogP contribution in [0.3, 0.4) is 0 Å². The van der Waals surface area contributed by atoms with Crippen molar-refractivity contribution in [3.05, 3.63) is 47.2 Å². The van der Waals surface area contributed by atoms with Crippen LogP contribution in [0.25, 0.3) is 0 Å². The van der Waals surface area contributed by atoms with Crippen molar-refractivity contribution in [3.8, 4) is 0 Å². The van der Waals surface area contributed by atoms with Crippen molar-refractivity contribution >= 4 is 22.6 Å². The molecular formula is C19H26N4OS. The number of thioether (sulfide) groups is 1. The second kappa shape index (κ2) is 7.95. The van der Waals surface area contributed by atoms with Crippen LogP contribution in [0.2, 0.25) is 0 Å². The lowest BCUT2D eigenvalue weighted by molar-refractivity contribution is 0.489. The lowest BCUT2D eigenvalue weighted by atomic mass is 10.1. The van der Waals surface area contributed by atoms with Gasteiger partial charge in [-0.2, -0.15) is 5.10 Å². The molecule has 0 fully saturated rings. The van der Waals surface area contributed by atoms with Gasteiger partial charge in [-0.05, 0) is 38.5 Å². The van der Waals surface area contributed by atoms with Crippen molar-refractivity contribution < 1.29 is 4.42 Å². The van der Waals surface area contributed by atoms with E-state index in [9.17, 15) is 0 Å². The maximum absolute atomic E-state index is 5.50. The van der Waals surface area contributed by atoms with Crippen LogP contribution in [-0.2, 0) is 6.54 Å². The Bertz CT molecular complexity index is 774. The molecule has 6 heteroatoms. The zero-order chi connectivity index (χ0) is 17.8. The summed E-state index contributed by atoms with van der Waals surface area (Å²) in [4.78, 5) is 4.66. The number of nitrogens with zero attached hydrogens (tertiary/aromatic N) is 4. The normalized spacial score (nSPS) is 16.6. The lowest BCUT2D eigenvalue weighted by Gasteiger charge is -2.22. The summed E-state index contributed by atoms with van der Waals surface area (Å²) in [5.74, 6) is 1.83. The number of aliphatic imine (C=N–C) groups is 1. The van der Waals surface area contributed by atoms with E-state index < -0.39 is 0 Å². The lowest BCUT2D eigenvalue weighted by Crippen LogP contribution is -2.28. The zero-order valence-corrected chi connectivity index (χ0v) is 16.3. The SMILES string of the molecule is CCCCN=C1SCC(c2cc(C)n(Cc3ccco3)c2C)=NN1C. The Morgan fingerprint density at radius 3 is 2.88 bits per heavy atom. The predicted octanol–water partition coefficient (Wildman–Crippen LogP) is 4.29. The first-order valence-electron chi connectivity index (χ1n) is 8.78. The average Bonchev–Trinajstić information content (AvgIpc) is 3.20. The van der Waals surface area contributed by atoms with Gasteiger partial charge in [0, 0.05) is 36.3 Å². The van der Waals surface area contributed by atoms with Crippen molar-refractivity contribution in [2.24, 2.45) is 10.1 Å². The summed E-state index contributed by atoms with van der Waals surface area (Å²) >= 11 is 1.77. The summed E-state index contributed by atoms with van der Waals surface area (Å²) in [5, 5.41) is 7.72. The Hall–Kier alpha value is -1.95. The summed E-state index contributed by atoms with van der Waals surface area (Å²) in [6.45, 7) is 8.11. The fourth-order valence-corrected chi connectivity index (χ4v) is 3.88. The summed E-state index contributed by atoms with van der Waals surface area (Å²) in [6.07, 6.45) is 4.02. The molecule has 3 heterocycles. The van der Waals surface area contributed by atoms with E-state index in [2.05, 4.69) is 36.4 Å². The van der Waals surface area contributed by atoms with Gasteiger partial charge in [-0.1, -0.05) is 25.1 Å². The van der Waals surface area contributed by atoms with Crippen LogP contribution in [0.5, 0.6) is 0 Å². The van der Waals surface area contributed by atoms with Gasteiger partial charge in [0.1, 0.15) is 5.76 Å². The maximum Gasteiger partial charge on any atom is 0.179 e. The van der Waals surface area contributed by atoms with E-state index >= 15 is 0 Å².